The largest absolute Gasteiger partial charge is 0.497 e. The zero-order chi connectivity index (χ0) is 27.4. The second-order valence-corrected chi connectivity index (χ2v) is 10.5. The molecule has 0 saturated heterocycles. The van der Waals surface area contributed by atoms with Crippen LogP contribution in [-0.4, -0.2) is 11.7 Å². The van der Waals surface area contributed by atoms with Gasteiger partial charge in [0.2, 0.25) is 0 Å². The van der Waals surface area contributed by atoms with Gasteiger partial charge in [0.25, 0.3) is 0 Å². The van der Waals surface area contributed by atoms with Gasteiger partial charge in [0.15, 0.2) is 5.60 Å². The van der Waals surface area contributed by atoms with E-state index < -0.39 is 5.60 Å². The van der Waals surface area contributed by atoms with Gasteiger partial charge in [-0.05, 0) is 47.9 Å². The fourth-order valence-corrected chi connectivity index (χ4v) is 6.43. The van der Waals surface area contributed by atoms with Crippen LogP contribution < -0.4 is 9.47 Å². The minimum Gasteiger partial charge on any atom is -0.497 e. The molecule has 0 amide bonds. The fourth-order valence-electron chi connectivity index (χ4n) is 6.43. The second kappa shape index (κ2) is 9.14. The molecule has 0 saturated carbocycles. The average molecular weight is 530 g/mol. The Hall–Kier alpha value is -5.28. The van der Waals surface area contributed by atoms with Crippen LogP contribution in [0.25, 0.3) is 44.3 Å². The summed E-state index contributed by atoms with van der Waals surface area (Å²) < 4.78 is 15.2. The number of hydrogen-bond donors (Lipinski definition) is 0. The lowest BCUT2D eigenvalue weighted by Crippen LogP contribution is -2.34. The first-order valence-corrected chi connectivity index (χ1v) is 13.9. The van der Waals surface area contributed by atoms with Crippen LogP contribution in [0.3, 0.4) is 0 Å². The van der Waals surface area contributed by atoms with E-state index in [9.17, 15) is 0 Å². The molecule has 0 aliphatic carbocycles. The number of rotatable bonds is 4. The third-order valence-corrected chi connectivity index (χ3v) is 8.30. The molecule has 1 aliphatic rings. The summed E-state index contributed by atoms with van der Waals surface area (Å²) in [6.07, 6.45) is 4.50. The van der Waals surface area contributed by atoms with Gasteiger partial charge >= 0.3 is 0 Å². The van der Waals surface area contributed by atoms with Crippen molar-refractivity contribution in [3.05, 3.63) is 156 Å². The van der Waals surface area contributed by atoms with Crippen LogP contribution >= 0.6 is 0 Å². The molecule has 0 radical (unpaired) electrons. The Bertz CT molecular complexity index is 2050. The average Bonchev–Trinajstić information content (AvgIpc) is 3.41. The lowest BCUT2D eigenvalue weighted by Gasteiger charge is -2.37. The molecule has 3 heteroatoms. The number of nitrogens with zero attached hydrogens (tertiary/aromatic N) is 1. The first-order valence-electron chi connectivity index (χ1n) is 13.9. The van der Waals surface area contributed by atoms with Crippen molar-refractivity contribution in [3.8, 4) is 17.2 Å². The Morgan fingerprint density at radius 1 is 0.610 bits per heavy atom. The summed E-state index contributed by atoms with van der Waals surface area (Å²) >= 11 is 0. The van der Waals surface area contributed by atoms with Crippen molar-refractivity contribution in [2.75, 3.05) is 7.11 Å². The van der Waals surface area contributed by atoms with Gasteiger partial charge in [0.05, 0.1) is 18.1 Å². The zero-order valence-corrected chi connectivity index (χ0v) is 22.6. The molecule has 1 aliphatic heterocycles. The molecular weight excluding hydrogens is 502 g/mol. The maximum absolute atomic E-state index is 7.32. The molecule has 2 heterocycles. The van der Waals surface area contributed by atoms with Crippen LogP contribution in [0.4, 0.5) is 0 Å². The molecule has 0 bridgehead atoms. The normalized spacial score (nSPS) is 13.8. The Morgan fingerprint density at radius 2 is 1.20 bits per heavy atom. The van der Waals surface area contributed by atoms with Gasteiger partial charge in [0.1, 0.15) is 11.5 Å². The van der Waals surface area contributed by atoms with Crippen LogP contribution in [0.1, 0.15) is 16.7 Å². The van der Waals surface area contributed by atoms with Crippen LogP contribution in [0.15, 0.2) is 140 Å². The zero-order valence-electron chi connectivity index (χ0n) is 22.6. The second-order valence-electron chi connectivity index (χ2n) is 10.5. The first-order chi connectivity index (χ1) is 20.3. The van der Waals surface area contributed by atoms with E-state index in [2.05, 4.69) is 138 Å². The van der Waals surface area contributed by atoms with Gasteiger partial charge in [0, 0.05) is 38.5 Å². The molecule has 0 unspecified atom stereocenters. The van der Waals surface area contributed by atoms with Gasteiger partial charge in [-0.1, -0.05) is 103 Å². The van der Waals surface area contributed by atoms with Crippen molar-refractivity contribution in [3.63, 3.8) is 0 Å². The molecule has 0 fully saturated rings. The highest BCUT2D eigenvalue weighted by Gasteiger charge is 2.38. The van der Waals surface area contributed by atoms with Crippen molar-refractivity contribution in [2.45, 2.75) is 5.60 Å². The van der Waals surface area contributed by atoms with Crippen molar-refractivity contribution >= 4 is 38.7 Å². The van der Waals surface area contributed by atoms with Gasteiger partial charge in [-0.3, -0.25) is 0 Å². The van der Waals surface area contributed by atoms with E-state index in [1.165, 1.54) is 16.2 Å². The summed E-state index contributed by atoms with van der Waals surface area (Å²) in [6, 6.07) is 46.6. The van der Waals surface area contributed by atoms with Crippen LogP contribution in [0.5, 0.6) is 11.5 Å². The standard InChI is InChI=1S/C38H27NO2/c1-40-29-22-20-28(21-23-29)39-34-19-11-10-18-32(34)35-30-16-8-9-17-31(30)37-33(36(35)39)24-25-38(41-37,26-12-4-2-5-13-26)27-14-6-3-7-15-27/h2-25H,1H3. The Kier molecular flexibility index (Phi) is 5.26. The monoisotopic (exact) mass is 529 g/mol. The highest BCUT2D eigenvalue weighted by atomic mass is 16.5. The lowest BCUT2D eigenvalue weighted by atomic mass is 9.83. The summed E-state index contributed by atoms with van der Waals surface area (Å²) in [6.45, 7) is 0. The number of methoxy groups -OCH3 is 1. The van der Waals surface area contributed by atoms with Crippen LogP contribution in [0, 0.1) is 0 Å². The predicted molar refractivity (Wildman–Crippen MR) is 168 cm³/mol. The van der Waals surface area contributed by atoms with Crippen molar-refractivity contribution in [2.24, 2.45) is 0 Å². The molecule has 3 nitrogen and oxygen atoms in total. The summed E-state index contributed by atoms with van der Waals surface area (Å²) in [5.41, 5.74) is 5.86. The molecule has 41 heavy (non-hydrogen) atoms. The summed E-state index contributed by atoms with van der Waals surface area (Å²) in [7, 11) is 1.70. The third-order valence-electron chi connectivity index (χ3n) is 8.30. The number of aromatic nitrogens is 1. The van der Waals surface area contributed by atoms with Gasteiger partial charge in [-0.25, -0.2) is 0 Å². The van der Waals surface area contributed by atoms with Crippen LogP contribution in [-0.2, 0) is 5.60 Å². The van der Waals surface area contributed by atoms with Crippen LogP contribution in [0.2, 0.25) is 0 Å². The Morgan fingerprint density at radius 3 is 1.85 bits per heavy atom. The van der Waals surface area contributed by atoms with Gasteiger partial charge in [-0.15, -0.1) is 0 Å². The molecule has 1 aromatic heterocycles. The highest BCUT2D eigenvalue weighted by molar-refractivity contribution is 6.25. The van der Waals surface area contributed by atoms with Gasteiger partial charge in [-0.2, -0.15) is 0 Å². The molecule has 6 aromatic carbocycles. The topological polar surface area (TPSA) is 23.4 Å². The summed E-state index contributed by atoms with van der Waals surface area (Å²) in [5, 5.41) is 4.72. The molecule has 0 atom stereocenters. The lowest BCUT2D eigenvalue weighted by molar-refractivity contribution is 0.164. The van der Waals surface area contributed by atoms with Crippen molar-refractivity contribution < 1.29 is 9.47 Å². The van der Waals surface area contributed by atoms with Gasteiger partial charge < -0.3 is 14.0 Å². The maximum atomic E-state index is 7.32. The number of para-hydroxylation sites is 1. The number of benzene rings is 6. The molecular formula is C38H27NO2. The molecule has 8 rings (SSSR count). The SMILES string of the molecule is COc1ccc(-n2c3ccccc3c3c4ccccc4c4c(c32)C=CC(c2ccccc2)(c2ccccc2)O4)cc1. The number of ether oxygens (including phenoxy) is 2. The fraction of sp³-hybridized carbons (Fsp3) is 0.0526. The van der Waals surface area contributed by atoms with E-state index in [4.69, 9.17) is 9.47 Å². The van der Waals surface area contributed by atoms with Crippen molar-refractivity contribution in [1.29, 1.82) is 0 Å². The summed E-state index contributed by atoms with van der Waals surface area (Å²) in [4.78, 5) is 0. The number of fused-ring (bicyclic) bond motifs is 8. The number of hydrogen-bond acceptors (Lipinski definition) is 2. The van der Waals surface area contributed by atoms with E-state index in [1.807, 2.05) is 12.1 Å². The predicted octanol–water partition coefficient (Wildman–Crippen LogP) is 9.29. The maximum Gasteiger partial charge on any atom is 0.178 e. The first kappa shape index (κ1) is 23.6. The van der Waals surface area contributed by atoms with E-state index in [0.29, 0.717) is 0 Å². The molecule has 0 N–H and O–H groups in total. The molecule has 196 valence electrons. The van der Waals surface area contributed by atoms with E-state index in [0.717, 1.165) is 50.3 Å². The Balaban J connectivity index is 1.51. The third kappa shape index (κ3) is 3.46. The van der Waals surface area contributed by atoms with E-state index in [-0.39, 0.29) is 0 Å². The minimum atomic E-state index is -0.761. The smallest absolute Gasteiger partial charge is 0.178 e. The Labute approximate surface area is 238 Å². The molecule has 7 aromatic rings. The quantitative estimate of drug-likeness (QED) is 0.227. The van der Waals surface area contributed by atoms with E-state index >= 15 is 0 Å². The summed E-state index contributed by atoms with van der Waals surface area (Å²) in [5.74, 6) is 1.72. The van der Waals surface area contributed by atoms with E-state index in [1.54, 1.807) is 7.11 Å². The van der Waals surface area contributed by atoms with Crippen molar-refractivity contribution in [1.82, 2.24) is 4.57 Å². The highest BCUT2D eigenvalue weighted by Crippen LogP contribution is 2.50. The molecule has 0 spiro atoms. The minimum absolute atomic E-state index is 0.761.